The van der Waals surface area contributed by atoms with Crippen molar-refractivity contribution in [1.29, 1.82) is 0 Å². The van der Waals surface area contributed by atoms with Crippen molar-refractivity contribution in [3.63, 3.8) is 0 Å². The first kappa shape index (κ1) is 13.0. The summed E-state index contributed by atoms with van der Waals surface area (Å²) in [6.07, 6.45) is 3.94. The van der Waals surface area contributed by atoms with E-state index in [1.807, 2.05) is 36.7 Å². The third-order valence-electron chi connectivity index (χ3n) is 3.83. The van der Waals surface area contributed by atoms with Crippen molar-refractivity contribution in [2.75, 3.05) is 18.5 Å². The molecule has 0 radical (unpaired) electrons. The molecule has 4 rings (SSSR count). The summed E-state index contributed by atoms with van der Waals surface area (Å²) in [6, 6.07) is 10.0. The molecule has 5 nitrogen and oxygen atoms in total. The van der Waals surface area contributed by atoms with Crippen molar-refractivity contribution in [1.82, 2.24) is 9.38 Å². The van der Waals surface area contributed by atoms with E-state index in [9.17, 15) is 0 Å². The number of aromatic nitrogens is 2. The van der Waals surface area contributed by atoms with Gasteiger partial charge in [0.15, 0.2) is 11.5 Å². The number of aryl methyl sites for hydroxylation is 1. The Kier molecular flexibility index (Phi) is 3.11. The van der Waals surface area contributed by atoms with Gasteiger partial charge in [-0.1, -0.05) is 12.1 Å². The van der Waals surface area contributed by atoms with Crippen LogP contribution in [0.2, 0.25) is 0 Å². The van der Waals surface area contributed by atoms with Gasteiger partial charge in [0.1, 0.15) is 18.9 Å². The summed E-state index contributed by atoms with van der Waals surface area (Å²) in [4.78, 5) is 4.48. The van der Waals surface area contributed by atoms with Crippen LogP contribution in [-0.2, 0) is 6.54 Å². The van der Waals surface area contributed by atoms with E-state index in [1.165, 1.54) is 5.56 Å². The quantitative estimate of drug-likeness (QED) is 0.807. The normalized spacial score (nSPS) is 13.3. The standard InChI is InChI=1S/C17H17N3O2/c1-12-4-3-7-20-13(11-19-17(12)20)10-18-14-5-2-6-15-16(14)22-9-8-21-15/h2-7,11,18H,8-10H2,1H3. The average molecular weight is 295 g/mol. The third-order valence-corrected chi connectivity index (χ3v) is 3.83. The SMILES string of the molecule is Cc1cccn2c(CNc3cccc4c3OCCO4)cnc12. The molecule has 0 saturated carbocycles. The summed E-state index contributed by atoms with van der Waals surface area (Å²) in [6.45, 7) is 3.92. The molecule has 1 aliphatic heterocycles. The molecule has 3 heterocycles. The summed E-state index contributed by atoms with van der Waals surface area (Å²) in [5.74, 6) is 1.59. The Labute approximate surface area is 128 Å². The molecule has 5 heteroatoms. The lowest BCUT2D eigenvalue weighted by atomic mass is 10.2. The molecular formula is C17H17N3O2. The molecule has 2 aromatic heterocycles. The van der Waals surface area contributed by atoms with Crippen molar-refractivity contribution >= 4 is 11.3 Å². The lowest BCUT2D eigenvalue weighted by molar-refractivity contribution is 0.172. The number of hydrogen-bond donors (Lipinski definition) is 1. The highest BCUT2D eigenvalue weighted by Gasteiger charge is 2.15. The summed E-state index contributed by atoms with van der Waals surface area (Å²) in [7, 11) is 0. The summed E-state index contributed by atoms with van der Waals surface area (Å²) in [5, 5.41) is 3.42. The van der Waals surface area contributed by atoms with Crippen molar-refractivity contribution in [3.05, 3.63) is 54.0 Å². The Morgan fingerprint density at radius 3 is 3.05 bits per heavy atom. The molecule has 0 atom stereocenters. The first-order chi connectivity index (χ1) is 10.8. The third kappa shape index (κ3) is 2.15. The van der Waals surface area contributed by atoms with Crippen LogP contribution in [0, 0.1) is 6.92 Å². The number of rotatable bonds is 3. The Morgan fingerprint density at radius 2 is 2.09 bits per heavy atom. The van der Waals surface area contributed by atoms with Crippen LogP contribution in [-0.4, -0.2) is 22.6 Å². The van der Waals surface area contributed by atoms with Gasteiger partial charge in [-0.15, -0.1) is 0 Å². The molecule has 1 aromatic carbocycles. The van der Waals surface area contributed by atoms with Gasteiger partial charge in [-0.3, -0.25) is 0 Å². The fourth-order valence-corrected chi connectivity index (χ4v) is 2.73. The van der Waals surface area contributed by atoms with Crippen LogP contribution in [0.4, 0.5) is 5.69 Å². The monoisotopic (exact) mass is 295 g/mol. The maximum atomic E-state index is 5.72. The van der Waals surface area contributed by atoms with Crippen LogP contribution in [0.3, 0.4) is 0 Å². The van der Waals surface area contributed by atoms with E-state index in [1.54, 1.807) is 0 Å². The van der Waals surface area contributed by atoms with Crippen molar-refractivity contribution in [3.8, 4) is 11.5 Å². The molecule has 1 aliphatic rings. The van der Waals surface area contributed by atoms with Crippen molar-refractivity contribution in [2.24, 2.45) is 0 Å². The second-order valence-electron chi connectivity index (χ2n) is 5.32. The molecule has 0 spiro atoms. The lowest BCUT2D eigenvalue weighted by Crippen LogP contribution is -2.16. The maximum Gasteiger partial charge on any atom is 0.184 e. The van der Waals surface area contributed by atoms with Crippen molar-refractivity contribution in [2.45, 2.75) is 13.5 Å². The highest BCUT2D eigenvalue weighted by Crippen LogP contribution is 2.37. The summed E-state index contributed by atoms with van der Waals surface area (Å²) < 4.78 is 13.4. The van der Waals surface area contributed by atoms with Crippen LogP contribution in [0.25, 0.3) is 5.65 Å². The van der Waals surface area contributed by atoms with E-state index in [-0.39, 0.29) is 0 Å². The number of imidazole rings is 1. The number of hydrogen-bond acceptors (Lipinski definition) is 4. The Morgan fingerprint density at radius 1 is 1.18 bits per heavy atom. The average Bonchev–Trinajstić information content (AvgIpc) is 2.97. The fraction of sp³-hybridized carbons (Fsp3) is 0.235. The van der Waals surface area contributed by atoms with Gasteiger partial charge < -0.3 is 19.2 Å². The first-order valence-electron chi connectivity index (χ1n) is 7.37. The van der Waals surface area contributed by atoms with E-state index in [2.05, 4.69) is 27.7 Å². The van der Waals surface area contributed by atoms with Crippen LogP contribution in [0.15, 0.2) is 42.7 Å². The summed E-state index contributed by atoms with van der Waals surface area (Å²) in [5.41, 5.74) is 4.21. The number of fused-ring (bicyclic) bond motifs is 2. The number of anilines is 1. The van der Waals surface area contributed by atoms with Gasteiger partial charge in [-0.25, -0.2) is 4.98 Å². The molecule has 0 fully saturated rings. The highest BCUT2D eigenvalue weighted by atomic mass is 16.6. The number of ether oxygens (including phenoxy) is 2. The van der Waals surface area contributed by atoms with Crippen molar-refractivity contribution < 1.29 is 9.47 Å². The van der Waals surface area contributed by atoms with E-state index in [0.717, 1.165) is 28.5 Å². The molecule has 0 bridgehead atoms. The minimum absolute atomic E-state index is 0.584. The topological polar surface area (TPSA) is 47.8 Å². The van der Waals surface area contributed by atoms with Crippen LogP contribution in [0.5, 0.6) is 11.5 Å². The van der Waals surface area contributed by atoms with Gasteiger partial charge in [0, 0.05) is 6.20 Å². The van der Waals surface area contributed by atoms with Gasteiger partial charge in [-0.2, -0.15) is 0 Å². The first-order valence-corrected chi connectivity index (χ1v) is 7.37. The molecule has 0 amide bonds. The zero-order valence-electron chi connectivity index (χ0n) is 12.4. The minimum Gasteiger partial charge on any atom is -0.486 e. The number of nitrogens with one attached hydrogen (secondary N) is 1. The zero-order valence-corrected chi connectivity index (χ0v) is 12.4. The Hall–Kier alpha value is -2.69. The number of benzene rings is 1. The van der Waals surface area contributed by atoms with Crippen LogP contribution < -0.4 is 14.8 Å². The van der Waals surface area contributed by atoms with E-state index in [4.69, 9.17) is 9.47 Å². The number of nitrogens with zero attached hydrogens (tertiary/aromatic N) is 2. The molecule has 0 unspecified atom stereocenters. The molecule has 0 saturated heterocycles. The molecule has 22 heavy (non-hydrogen) atoms. The van der Waals surface area contributed by atoms with Gasteiger partial charge in [0.05, 0.1) is 24.1 Å². The zero-order chi connectivity index (χ0) is 14.9. The number of pyridine rings is 1. The minimum atomic E-state index is 0.584. The van der Waals surface area contributed by atoms with Gasteiger partial charge in [-0.05, 0) is 30.7 Å². The second kappa shape index (κ2) is 5.26. The fourth-order valence-electron chi connectivity index (χ4n) is 2.73. The lowest BCUT2D eigenvalue weighted by Gasteiger charge is -2.21. The molecule has 112 valence electrons. The highest BCUT2D eigenvalue weighted by molar-refractivity contribution is 5.63. The van der Waals surface area contributed by atoms with Crippen LogP contribution in [0.1, 0.15) is 11.3 Å². The maximum absolute atomic E-state index is 5.72. The van der Waals surface area contributed by atoms with E-state index >= 15 is 0 Å². The molecular weight excluding hydrogens is 278 g/mol. The summed E-state index contributed by atoms with van der Waals surface area (Å²) >= 11 is 0. The Bertz CT molecular complexity index is 826. The largest absolute Gasteiger partial charge is 0.486 e. The smallest absolute Gasteiger partial charge is 0.184 e. The van der Waals surface area contributed by atoms with Crippen LogP contribution >= 0.6 is 0 Å². The Balaban J connectivity index is 1.61. The molecule has 3 aromatic rings. The van der Waals surface area contributed by atoms with Gasteiger partial charge in [0.25, 0.3) is 0 Å². The van der Waals surface area contributed by atoms with E-state index in [0.29, 0.717) is 19.8 Å². The van der Waals surface area contributed by atoms with E-state index < -0.39 is 0 Å². The van der Waals surface area contributed by atoms with Gasteiger partial charge >= 0.3 is 0 Å². The second-order valence-corrected chi connectivity index (χ2v) is 5.32. The molecule has 0 aliphatic carbocycles. The molecule has 1 N–H and O–H groups in total. The van der Waals surface area contributed by atoms with Gasteiger partial charge in [0.2, 0.25) is 0 Å². The predicted octanol–water partition coefficient (Wildman–Crippen LogP) is 3.03. The number of para-hydroxylation sites is 1. The predicted molar refractivity (Wildman–Crippen MR) is 84.7 cm³/mol.